The molecule has 1 saturated heterocycles. The summed E-state index contributed by atoms with van der Waals surface area (Å²) < 4.78 is 29.3. The van der Waals surface area contributed by atoms with E-state index < -0.39 is 16.6 Å². The zero-order valence-electron chi connectivity index (χ0n) is 18.7. The van der Waals surface area contributed by atoms with Crippen molar-refractivity contribution in [3.63, 3.8) is 0 Å². The Hall–Kier alpha value is -3.16. The number of carbonyl (C=O) groups is 1. The SMILES string of the molecule is O=C(c1cnc(-c2cccc(CO)[n+]2[O-])nc1)N1CCN(S(=O)(=O)c2cc3ccc(Cl)cc3s2)CC1. The van der Waals surface area contributed by atoms with Gasteiger partial charge in [-0.25, -0.2) is 18.4 Å². The number of piperazine rings is 1. The van der Waals surface area contributed by atoms with Gasteiger partial charge in [0.2, 0.25) is 11.5 Å². The predicted octanol–water partition coefficient (Wildman–Crippen LogP) is 2.28. The third-order valence-electron chi connectivity index (χ3n) is 5.89. The van der Waals surface area contributed by atoms with Crippen LogP contribution in [-0.4, -0.2) is 64.8 Å². The maximum absolute atomic E-state index is 13.2. The molecule has 1 aliphatic rings. The first-order valence-electron chi connectivity index (χ1n) is 10.9. The number of aromatic nitrogens is 3. The summed E-state index contributed by atoms with van der Waals surface area (Å²) >= 11 is 7.19. The standard InChI is InChI=1S/C23H20ClN5O5S2/c24-17-5-4-15-10-21(35-20(15)11-17)36(33,34)28-8-6-27(7-9-28)23(31)16-12-25-22(26-13-16)19-3-1-2-18(14-30)29(19)32/h1-5,10-13,30H,6-9,14H2. The zero-order chi connectivity index (χ0) is 25.4. The topological polar surface area (TPSA) is 131 Å². The molecule has 0 atom stereocenters. The number of amides is 1. The molecule has 13 heteroatoms. The Kier molecular flexibility index (Phi) is 6.62. The molecular formula is C23H20ClN5O5S2. The van der Waals surface area contributed by atoms with Gasteiger partial charge >= 0.3 is 0 Å². The molecule has 0 unspecified atom stereocenters. The highest BCUT2D eigenvalue weighted by atomic mass is 35.5. The minimum Gasteiger partial charge on any atom is -0.618 e. The predicted molar refractivity (Wildman–Crippen MR) is 134 cm³/mol. The van der Waals surface area contributed by atoms with Gasteiger partial charge in [-0.3, -0.25) is 4.79 Å². The first-order valence-corrected chi connectivity index (χ1v) is 13.5. The second kappa shape index (κ2) is 9.71. The Bertz CT molecular complexity index is 1550. The highest BCUT2D eigenvalue weighted by molar-refractivity contribution is 7.91. The smallest absolute Gasteiger partial charge is 0.261 e. The highest BCUT2D eigenvalue weighted by Crippen LogP contribution is 2.33. The number of hydrogen-bond donors (Lipinski definition) is 1. The van der Waals surface area contributed by atoms with Crippen LogP contribution < -0.4 is 4.73 Å². The molecule has 0 radical (unpaired) electrons. The van der Waals surface area contributed by atoms with Gasteiger partial charge in [-0.05, 0) is 29.7 Å². The Morgan fingerprint density at radius 3 is 2.53 bits per heavy atom. The van der Waals surface area contributed by atoms with Crippen molar-refractivity contribution in [1.29, 1.82) is 0 Å². The van der Waals surface area contributed by atoms with Crippen LogP contribution in [0.1, 0.15) is 16.1 Å². The Balaban J connectivity index is 1.27. The van der Waals surface area contributed by atoms with Crippen LogP contribution in [-0.2, 0) is 16.6 Å². The molecule has 1 aromatic carbocycles. The van der Waals surface area contributed by atoms with Gasteiger partial charge in [0, 0.05) is 60.4 Å². The van der Waals surface area contributed by atoms with Crippen LogP contribution in [0.5, 0.6) is 0 Å². The summed E-state index contributed by atoms with van der Waals surface area (Å²) in [6.07, 6.45) is 2.67. The second-order valence-corrected chi connectivity index (χ2v) is 11.8. The third kappa shape index (κ3) is 4.53. The molecule has 10 nitrogen and oxygen atoms in total. The lowest BCUT2D eigenvalue weighted by Crippen LogP contribution is -2.50. The molecule has 4 aromatic rings. The number of sulfonamides is 1. The van der Waals surface area contributed by atoms with Gasteiger partial charge in [0.15, 0.2) is 0 Å². The molecule has 36 heavy (non-hydrogen) atoms. The number of pyridine rings is 1. The number of hydrogen-bond acceptors (Lipinski definition) is 8. The van der Waals surface area contributed by atoms with Gasteiger partial charge in [-0.1, -0.05) is 17.7 Å². The molecule has 5 rings (SSSR count). The monoisotopic (exact) mass is 545 g/mol. The van der Waals surface area contributed by atoms with Crippen LogP contribution in [0.3, 0.4) is 0 Å². The fraction of sp³-hybridized carbons (Fsp3) is 0.217. The Morgan fingerprint density at radius 2 is 1.83 bits per heavy atom. The average Bonchev–Trinajstić information content (AvgIpc) is 3.33. The van der Waals surface area contributed by atoms with Crippen LogP contribution in [0.4, 0.5) is 0 Å². The van der Waals surface area contributed by atoms with E-state index in [9.17, 15) is 23.5 Å². The molecule has 1 amide bonds. The van der Waals surface area contributed by atoms with Gasteiger partial charge in [0.05, 0.1) is 5.56 Å². The van der Waals surface area contributed by atoms with Crippen LogP contribution in [0.15, 0.2) is 59.1 Å². The van der Waals surface area contributed by atoms with Crippen LogP contribution in [0.25, 0.3) is 21.6 Å². The summed E-state index contributed by atoms with van der Waals surface area (Å²) in [7, 11) is -3.70. The van der Waals surface area contributed by atoms with E-state index in [-0.39, 0.29) is 59.1 Å². The number of aliphatic hydroxyl groups excluding tert-OH is 1. The van der Waals surface area contributed by atoms with Crippen LogP contribution in [0, 0.1) is 5.21 Å². The van der Waals surface area contributed by atoms with Crippen molar-refractivity contribution in [2.24, 2.45) is 0 Å². The molecule has 0 aliphatic carbocycles. The van der Waals surface area contributed by atoms with E-state index in [2.05, 4.69) is 9.97 Å². The lowest BCUT2D eigenvalue weighted by atomic mass is 10.2. The van der Waals surface area contributed by atoms with E-state index in [1.807, 2.05) is 0 Å². The van der Waals surface area contributed by atoms with Gasteiger partial charge in [0.1, 0.15) is 10.8 Å². The number of nitrogens with zero attached hydrogens (tertiary/aromatic N) is 5. The molecule has 3 aromatic heterocycles. The number of carbonyl (C=O) groups excluding carboxylic acids is 1. The summed E-state index contributed by atoms with van der Waals surface area (Å²) in [5.74, 6) is -0.202. The maximum Gasteiger partial charge on any atom is 0.261 e. The second-order valence-electron chi connectivity index (χ2n) is 8.09. The largest absolute Gasteiger partial charge is 0.618 e. The fourth-order valence-electron chi connectivity index (χ4n) is 3.94. The number of aliphatic hydroxyl groups is 1. The van der Waals surface area contributed by atoms with Gasteiger partial charge in [-0.2, -0.15) is 9.04 Å². The first-order chi connectivity index (χ1) is 17.3. The number of fused-ring (bicyclic) bond motifs is 1. The maximum atomic E-state index is 13.2. The van der Waals surface area contributed by atoms with Crippen molar-refractivity contribution in [1.82, 2.24) is 19.2 Å². The van der Waals surface area contributed by atoms with E-state index in [4.69, 9.17) is 11.6 Å². The van der Waals surface area contributed by atoms with Crippen molar-refractivity contribution in [3.05, 3.63) is 76.3 Å². The molecule has 0 saturated carbocycles. The summed E-state index contributed by atoms with van der Waals surface area (Å²) in [4.78, 5) is 22.8. The lowest BCUT2D eigenvalue weighted by molar-refractivity contribution is -0.605. The van der Waals surface area contributed by atoms with Gasteiger partial charge < -0.3 is 15.2 Å². The van der Waals surface area contributed by atoms with Crippen molar-refractivity contribution in [2.75, 3.05) is 26.2 Å². The zero-order valence-corrected chi connectivity index (χ0v) is 21.1. The molecule has 1 N–H and O–H groups in total. The third-order valence-corrected chi connectivity index (χ3v) is 9.57. The summed E-state index contributed by atoms with van der Waals surface area (Å²) in [5, 5.41) is 22.9. The minimum absolute atomic E-state index is 0.123. The number of benzene rings is 1. The first kappa shape index (κ1) is 24.5. The quantitative estimate of drug-likeness (QED) is 0.301. The Morgan fingerprint density at radius 1 is 1.11 bits per heavy atom. The molecular weight excluding hydrogens is 526 g/mol. The van der Waals surface area contributed by atoms with Crippen LogP contribution in [0.2, 0.25) is 5.02 Å². The van der Waals surface area contributed by atoms with E-state index in [1.165, 1.54) is 40.2 Å². The summed E-state index contributed by atoms with van der Waals surface area (Å²) in [6, 6.07) is 11.5. The minimum atomic E-state index is -3.70. The molecule has 186 valence electrons. The fourth-order valence-corrected chi connectivity index (χ4v) is 7.19. The summed E-state index contributed by atoms with van der Waals surface area (Å²) in [5.41, 5.74) is 0.540. The normalized spacial score (nSPS) is 14.9. The van der Waals surface area contributed by atoms with Gasteiger partial charge in [-0.15, -0.1) is 11.3 Å². The number of rotatable bonds is 5. The summed E-state index contributed by atoms with van der Waals surface area (Å²) in [6.45, 7) is 0.330. The molecule has 0 spiro atoms. The van der Waals surface area contributed by atoms with E-state index in [0.717, 1.165) is 10.1 Å². The molecule has 1 aliphatic heterocycles. The molecule has 1 fully saturated rings. The van der Waals surface area contributed by atoms with E-state index in [1.54, 1.807) is 35.2 Å². The van der Waals surface area contributed by atoms with Gasteiger partial charge in [0.25, 0.3) is 21.6 Å². The van der Waals surface area contributed by atoms with E-state index in [0.29, 0.717) is 9.75 Å². The Labute approximate surface area is 215 Å². The average molecular weight is 546 g/mol. The van der Waals surface area contributed by atoms with Crippen molar-refractivity contribution >= 4 is 49.0 Å². The van der Waals surface area contributed by atoms with E-state index >= 15 is 0 Å². The number of halogens is 1. The van der Waals surface area contributed by atoms with Crippen LogP contribution >= 0.6 is 22.9 Å². The lowest BCUT2D eigenvalue weighted by Gasteiger charge is -2.33. The van der Waals surface area contributed by atoms with Crippen molar-refractivity contribution in [3.8, 4) is 11.5 Å². The molecule has 4 heterocycles. The number of thiophene rings is 1. The van der Waals surface area contributed by atoms with Crippen molar-refractivity contribution in [2.45, 2.75) is 10.8 Å². The van der Waals surface area contributed by atoms with Crippen molar-refractivity contribution < 1.29 is 23.0 Å². The molecule has 0 bridgehead atoms. The highest BCUT2D eigenvalue weighted by Gasteiger charge is 2.32.